The molecular weight excluding hydrogens is 963 g/mol. The molecule has 0 spiro atoms. The molecule has 8 nitrogen and oxygen atoms in total. The van der Waals surface area contributed by atoms with Crippen molar-refractivity contribution in [1.82, 2.24) is 19.6 Å². The van der Waals surface area contributed by atoms with Gasteiger partial charge in [-0.2, -0.15) is 0 Å². The van der Waals surface area contributed by atoms with Crippen LogP contribution in [-0.4, -0.2) is 131 Å². The third-order valence-corrected chi connectivity index (χ3v) is 39.3. The molecule has 364 valence electrons. The second-order valence-electron chi connectivity index (χ2n) is 21.3. The predicted molar refractivity (Wildman–Crippen MR) is 278 cm³/mol. The van der Waals surface area contributed by atoms with Crippen LogP contribution in [0, 0.1) is 19.8 Å². The Morgan fingerprint density at radius 2 is 1.02 bits per heavy atom. The smallest absolute Gasteiger partial charge is 0.204 e. The first kappa shape index (κ1) is 51.8. The summed E-state index contributed by atoms with van der Waals surface area (Å²) in [5.41, 5.74) is 2.14. The van der Waals surface area contributed by atoms with Gasteiger partial charge in [-0.1, -0.05) is 65.8 Å². The number of nitrogens with zero attached hydrogens (tertiary/aromatic N) is 4. The van der Waals surface area contributed by atoms with Gasteiger partial charge in [0, 0.05) is 30.2 Å². The number of unbranched alkanes of at least 4 members (excludes halogenated alkanes) is 3. The van der Waals surface area contributed by atoms with Crippen molar-refractivity contribution < 1.29 is 16.8 Å². The van der Waals surface area contributed by atoms with E-state index in [4.69, 9.17) is 0 Å². The molecule has 10 unspecified atom stereocenters. The minimum absolute atomic E-state index is 0.0845. The predicted octanol–water partition coefficient (Wildman–Crippen LogP) is 11.4. The fourth-order valence-electron chi connectivity index (χ4n) is 13.2. The van der Waals surface area contributed by atoms with E-state index >= 15 is 0 Å². The van der Waals surface area contributed by atoms with Crippen LogP contribution in [-0.2, 0) is 19.7 Å². The number of hydrogen-bond donors (Lipinski definition) is 0. The van der Waals surface area contributed by atoms with Crippen LogP contribution in [0.2, 0.25) is 17.2 Å². The first-order chi connectivity index (χ1) is 31.5. The molecule has 10 rings (SSSR count). The van der Waals surface area contributed by atoms with E-state index in [1.165, 1.54) is 68.1 Å². The van der Waals surface area contributed by atoms with Crippen molar-refractivity contribution >= 4 is 38.1 Å². The van der Waals surface area contributed by atoms with Gasteiger partial charge in [-0.05, 0) is 91.0 Å². The second-order valence-corrected chi connectivity index (χ2v) is 39.1. The van der Waals surface area contributed by atoms with Crippen LogP contribution in [0.4, 0.5) is 0 Å². The summed E-state index contributed by atoms with van der Waals surface area (Å²) in [5.74, 6) is 1.02. The number of benzene rings is 2. The summed E-state index contributed by atoms with van der Waals surface area (Å²) in [6.07, 6.45) is 29.1. The van der Waals surface area contributed by atoms with Gasteiger partial charge >= 0.3 is 145 Å². The van der Waals surface area contributed by atoms with Crippen LogP contribution in [0.1, 0.15) is 116 Å². The third kappa shape index (κ3) is 10.5. The molecule has 2 aromatic carbocycles. The van der Waals surface area contributed by atoms with Gasteiger partial charge in [0.15, 0.2) is 0 Å². The molecule has 0 aromatic heterocycles. The van der Waals surface area contributed by atoms with Gasteiger partial charge in [0.25, 0.3) is 0 Å². The van der Waals surface area contributed by atoms with Gasteiger partial charge in [0.05, 0.1) is 25.6 Å². The van der Waals surface area contributed by atoms with E-state index in [9.17, 15) is 16.8 Å². The molecule has 8 heterocycles. The molecule has 10 atom stereocenters. The van der Waals surface area contributed by atoms with Crippen molar-refractivity contribution in [2.45, 2.75) is 194 Å². The Labute approximate surface area is 405 Å². The SMILES string of the molecule is CCC[CH2][Sn]([CH2]CCC)([CH2]CCC)[CH]1C(C)C2CCC1N2C.CN1C2C=CC1CC2.Cc1ccc(S(=O)(=O)C2=CC3C=CC2N3C)cc1.Cc1ccc(S(=O)(=O)C2=CC3CCC2N3C)cc1. The summed E-state index contributed by atoms with van der Waals surface area (Å²) in [6, 6.07) is 18.1. The molecule has 11 heteroatoms. The monoisotopic (exact) mass is 1050 g/mol. The molecule has 8 bridgehead atoms. The Hall–Kier alpha value is -2.06. The number of fused-ring (bicyclic) bond motifs is 8. The van der Waals surface area contributed by atoms with Crippen molar-refractivity contribution in [3.8, 4) is 0 Å². The maximum atomic E-state index is 12.6. The van der Waals surface area contributed by atoms with Gasteiger partial charge in [0.1, 0.15) is 0 Å². The van der Waals surface area contributed by atoms with Gasteiger partial charge < -0.3 is 0 Å². The van der Waals surface area contributed by atoms with Crippen molar-refractivity contribution in [2.75, 3.05) is 28.2 Å². The Kier molecular flexibility index (Phi) is 17.2. The maximum Gasteiger partial charge on any atom is 0.204 e. The number of sulfone groups is 2. The van der Waals surface area contributed by atoms with E-state index in [0.717, 1.165) is 54.1 Å². The standard InChI is InChI=1S/C14H17NO2S.C14H15NO2S.C8H14N.C7H11N.3C4H9.Sn/c2*1-10-3-6-12(7-4-10)18(16,17)14-9-11-5-8-13(14)15(11)2;1-6-5-7-3-4-8(6)9(7)2;1-8-6-2-3-7(8)5-4-6;3*1-3-4-2;/h3-4,6-7,9,11,13H,5,8H2,1-2H3;3-9,11,13H,1-2H3;5-8H,3-4H2,1-2H3;2-3,6-7H,4-5H2,1H3;3*1,3-4H2,2H3;. The summed E-state index contributed by atoms with van der Waals surface area (Å²) in [5, 5.41) is 0. The van der Waals surface area contributed by atoms with Crippen molar-refractivity contribution in [1.29, 1.82) is 0 Å². The fourth-order valence-corrected chi connectivity index (χ4v) is 38.0. The molecule has 0 radical (unpaired) electrons. The Morgan fingerprint density at radius 1 is 0.530 bits per heavy atom. The van der Waals surface area contributed by atoms with E-state index in [1.54, 1.807) is 37.6 Å². The topological polar surface area (TPSA) is 81.2 Å². The molecule has 0 amide bonds. The third-order valence-electron chi connectivity index (χ3n) is 17.3. The average Bonchev–Trinajstić information content (AvgIpc) is 4.24. The summed E-state index contributed by atoms with van der Waals surface area (Å²) < 4.78 is 56.6. The molecule has 8 aliphatic rings. The minimum Gasteiger partial charge on any atom is -0.294 e. The molecule has 0 saturated carbocycles. The first-order valence-corrected chi connectivity index (χ1v) is 36.5. The largest absolute Gasteiger partial charge is 0.294 e. The maximum absolute atomic E-state index is 12.6. The van der Waals surface area contributed by atoms with Gasteiger partial charge in [-0.15, -0.1) is 0 Å². The van der Waals surface area contributed by atoms with E-state index in [0.29, 0.717) is 25.6 Å². The van der Waals surface area contributed by atoms with Crippen molar-refractivity contribution in [3.05, 3.63) is 106 Å². The summed E-state index contributed by atoms with van der Waals surface area (Å²) in [6.45, 7) is 13.8. The Balaban J connectivity index is 0.000000136. The van der Waals surface area contributed by atoms with Gasteiger partial charge in [-0.3, -0.25) is 14.7 Å². The van der Waals surface area contributed by atoms with E-state index in [2.05, 4.69) is 73.5 Å². The van der Waals surface area contributed by atoms with Gasteiger partial charge in [-0.25, -0.2) is 16.8 Å². The molecular formula is C55H84N4O4S2Sn. The molecule has 2 aromatic rings. The molecule has 4 saturated heterocycles. The molecule has 66 heavy (non-hydrogen) atoms. The van der Waals surface area contributed by atoms with Gasteiger partial charge in [0.2, 0.25) is 19.7 Å². The number of rotatable bonds is 14. The summed E-state index contributed by atoms with van der Waals surface area (Å²) in [4.78, 5) is 11.4. The van der Waals surface area contributed by atoms with Crippen LogP contribution in [0.3, 0.4) is 0 Å². The second kappa shape index (κ2) is 21.9. The van der Waals surface area contributed by atoms with Crippen LogP contribution in [0.5, 0.6) is 0 Å². The normalized spacial score (nSPS) is 30.8. The first-order valence-electron chi connectivity index (χ1n) is 25.8. The molecule has 0 N–H and O–H groups in total. The van der Waals surface area contributed by atoms with Crippen molar-refractivity contribution in [2.24, 2.45) is 5.92 Å². The quantitative estimate of drug-likeness (QED) is 0.137. The summed E-state index contributed by atoms with van der Waals surface area (Å²) in [7, 11) is 1.97. The molecule has 0 aliphatic carbocycles. The fraction of sp³-hybridized carbons (Fsp3) is 0.636. The van der Waals surface area contributed by atoms with Crippen LogP contribution >= 0.6 is 0 Å². The van der Waals surface area contributed by atoms with Crippen LogP contribution in [0.15, 0.2) is 105 Å². The van der Waals surface area contributed by atoms with E-state index in [-0.39, 0.29) is 18.1 Å². The van der Waals surface area contributed by atoms with Crippen LogP contribution < -0.4 is 0 Å². The number of hydrogen-bond acceptors (Lipinski definition) is 8. The molecule has 8 aliphatic heterocycles. The van der Waals surface area contributed by atoms with Crippen molar-refractivity contribution in [3.63, 3.8) is 0 Å². The Bertz CT molecular complexity index is 2190. The zero-order valence-corrected chi connectivity index (χ0v) is 46.7. The minimum atomic E-state index is -3.35. The van der Waals surface area contributed by atoms with Crippen LogP contribution in [0.25, 0.3) is 0 Å². The zero-order chi connectivity index (χ0) is 47.6. The number of aryl methyl sites for hydroxylation is 2. The summed E-state index contributed by atoms with van der Waals surface area (Å²) >= 11 is -2.03. The average molecular weight is 1050 g/mol. The van der Waals surface area contributed by atoms with E-state index in [1.807, 2.05) is 76.5 Å². The Morgan fingerprint density at radius 3 is 1.36 bits per heavy atom. The zero-order valence-electron chi connectivity index (χ0n) is 42.2. The number of likely N-dealkylation sites (N-methyl/N-ethyl adjacent to an activating group) is 3. The molecule has 4 fully saturated rings. The van der Waals surface area contributed by atoms with E-state index < -0.39 is 38.1 Å².